The van der Waals surface area contributed by atoms with Gasteiger partial charge in [-0.2, -0.15) is 5.10 Å². The number of rotatable bonds is 5. The van der Waals surface area contributed by atoms with E-state index in [0.717, 1.165) is 49.4 Å². The molecule has 0 spiro atoms. The standard InChI is InChI=1S/C28H35F2N7O/c1-16-31-26-9-7-19(14-37(26)35-16)27-22-12-18(6-8-25(22)33-34-27)28(38)32-20-10-17(13-36(2)15-20)11-21-23(29)4-3-5-24(21)30/h3-5,7,9,14,17-18,20,22,25,27,33-34H,6,8,10-13,15H2,1-2H3,(H,32,38)/t17-,18?,20-,22?,25?,27?/m1/s1. The summed E-state index contributed by atoms with van der Waals surface area (Å²) in [6.07, 6.45) is 5.63. The molecule has 202 valence electrons. The van der Waals surface area contributed by atoms with Crippen LogP contribution in [0.3, 0.4) is 0 Å². The monoisotopic (exact) mass is 523 g/mol. The van der Waals surface area contributed by atoms with Crippen molar-refractivity contribution in [2.45, 2.75) is 57.2 Å². The Balaban J connectivity index is 1.10. The zero-order valence-corrected chi connectivity index (χ0v) is 21.8. The second-order valence-electron chi connectivity index (χ2n) is 11.4. The minimum Gasteiger partial charge on any atom is -0.352 e. The summed E-state index contributed by atoms with van der Waals surface area (Å²) in [5, 5.41) is 7.75. The highest BCUT2D eigenvalue weighted by Crippen LogP contribution is 2.40. The molecule has 0 bridgehead atoms. The Morgan fingerprint density at radius 2 is 1.92 bits per heavy atom. The average molecular weight is 524 g/mol. The van der Waals surface area contributed by atoms with Crippen molar-refractivity contribution < 1.29 is 13.6 Å². The normalized spacial score (nSPS) is 29.9. The van der Waals surface area contributed by atoms with E-state index in [1.165, 1.54) is 18.2 Å². The number of hydrogen-bond acceptors (Lipinski definition) is 6. The van der Waals surface area contributed by atoms with Crippen molar-refractivity contribution in [2.75, 3.05) is 20.1 Å². The maximum atomic E-state index is 14.3. The number of aryl methyl sites for hydroxylation is 1. The molecule has 6 atom stereocenters. The molecule has 1 amide bonds. The van der Waals surface area contributed by atoms with E-state index < -0.39 is 11.6 Å². The fourth-order valence-corrected chi connectivity index (χ4v) is 6.85. The predicted molar refractivity (Wildman–Crippen MR) is 139 cm³/mol. The van der Waals surface area contributed by atoms with Crippen molar-refractivity contribution in [3.05, 3.63) is 65.1 Å². The highest BCUT2D eigenvalue weighted by molar-refractivity contribution is 5.79. The fraction of sp³-hybridized carbons (Fsp3) is 0.536. The van der Waals surface area contributed by atoms with E-state index in [1.807, 2.05) is 30.8 Å². The number of halogens is 2. The molecular weight excluding hydrogens is 488 g/mol. The zero-order chi connectivity index (χ0) is 26.4. The van der Waals surface area contributed by atoms with E-state index in [9.17, 15) is 13.6 Å². The summed E-state index contributed by atoms with van der Waals surface area (Å²) >= 11 is 0. The number of hydrazine groups is 1. The summed E-state index contributed by atoms with van der Waals surface area (Å²) in [6, 6.07) is 8.46. The van der Waals surface area contributed by atoms with Gasteiger partial charge >= 0.3 is 0 Å². The lowest BCUT2D eigenvalue weighted by Gasteiger charge is -2.38. The number of aromatic nitrogens is 3. The topological polar surface area (TPSA) is 86.6 Å². The number of carbonyl (C=O) groups is 1. The summed E-state index contributed by atoms with van der Waals surface area (Å²) < 4.78 is 30.3. The van der Waals surface area contributed by atoms with Crippen LogP contribution in [0, 0.1) is 36.3 Å². The summed E-state index contributed by atoms with van der Waals surface area (Å²) in [5.41, 5.74) is 9.00. The number of likely N-dealkylation sites (N-methyl/N-ethyl adjacent to an activating group) is 1. The highest BCUT2D eigenvalue weighted by atomic mass is 19.1. The first-order chi connectivity index (χ1) is 18.3. The van der Waals surface area contributed by atoms with Crippen LogP contribution in [0.5, 0.6) is 0 Å². The maximum Gasteiger partial charge on any atom is 0.223 e. The van der Waals surface area contributed by atoms with Crippen LogP contribution < -0.4 is 16.2 Å². The Kier molecular flexibility index (Phi) is 6.88. The van der Waals surface area contributed by atoms with E-state index in [2.05, 4.69) is 37.2 Å². The molecule has 2 aliphatic heterocycles. The van der Waals surface area contributed by atoms with Crippen LogP contribution in [0.25, 0.3) is 5.65 Å². The molecule has 0 radical (unpaired) electrons. The first-order valence-corrected chi connectivity index (χ1v) is 13.6. The summed E-state index contributed by atoms with van der Waals surface area (Å²) in [6.45, 7) is 3.37. The van der Waals surface area contributed by atoms with Crippen LogP contribution >= 0.6 is 0 Å². The molecule has 38 heavy (non-hydrogen) atoms. The molecule has 1 saturated carbocycles. The molecule has 1 aliphatic carbocycles. The molecule has 3 N–H and O–H groups in total. The number of carbonyl (C=O) groups excluding carboxylic acids is 1. The van der Waals surface area contributed by atoms with Crippen LogP contribution in [0.1, 0.15) is 48.7 Å². The Morgan fingerprint density at radius 3 is 2.74 bits per heavy atom. The van der Waals surface area contributed by atoms with Crippen molar-refractivity contribution in [1.82, 2.24) is 35.7 Å². The van der Waals surface area contributed by atoms with E-state index in [0.29, 0.717) is 18.9 Å². The summed E-state index contributed by atoms with van der Waals surface area (Å²) in [4.78, 5) is 20.0. The van der Waals surface area contributed by atoms with Gasteiger partial charge in [-0.25, -0.2) is 23.7 Å². The van der Waals surface area contributed by atoms with Gasteiger partial charge in [0.15, 0.2) is 5.65 Å². The third kappa shape index (κ3) is 5.04. The van der Waals surface area contributed by atoms with E-state index in [-0.39, 0.29) is 41.3 Å². The van der Waals surface area contributed by atoms with Crippen LogP contribution in [0.4, 0.5) is 8.78 Å². The van der Waals surface area contributed by atoms with Crippen LogP contribution in [0.2, 0.25) is 0 Å². The van der Waals surface area contributed by atoms with E-state index in [1.54, 1.807) is 0 Å². The van der Waals surface area contributed by atoms with Crippen LogP contribution in [-0.4, -0.2) is 57.6 Å². The molecule has 1 aromatic carbocycles. The van der Waals surface area contributed by atoms with Crippen molar-refractivity contribution in [2.24, 2.45) is 17.8 Å². The lowest BCUT2D eigenvalue weighted by Crippen LogP contribution is -2.52. The van der Waals surface area contributed by atoms with E-state index in [4.69, 9.17) is 0 Å². The number of pyridine rings is 1. The number of nitrogens with zero attached hydrogens (tertiary/aromatic N) is 4. The Bertz CT molecular complexity index is 1310. The summed E-state index contributed by atoms with van der Waals surface area (Å²) in [7, 11) is 2.00. The minimum atomic E-state index is -0.498. The third-order valence-electron chi connectivity index (χ3n) is 8.56. The number of nitrogens with one attached hydrogen (secondary N) is 3. The van der Waals surface area contributed by atoms with Gasteiger partial charge < -0.3 is 10.2 Å². The number of amides is 1. The van der Waals surface area contributed by atoms with Crippen LogP contribution in [-0.2, 0) is 11.2 Å². The minimum absolute atomic E-state index is 0.0348. The lowest BCUT2D eigenvalue weighted by molar-refractivity contribution is -0.127. The number of piperidine rings is 1. The summed E-state index contributed by atoms with van der Waals surface area (Å²) in [5.74, 6) is 0.127. The molecule has 4 unspecified atom stereocenters. The first kappa shape index (κ1) is 25.3. The Hall–Kier alpha value is -2.95. The molecule has 6 rings (SSSR count). The molecule has 3 fully saturated rings. The smallest absolute Gasteiger partial charge is 0.223 e. The molecule has 8 nitrogen and oxygen atoms in total. The van der Waals surface area contributed by atoms with Gasteiger partial charge in [-0.3, -0.25) is 10.2 Å². The fourth-order valence-electron chi connectivity index (χ4n) is 6.85. The molecule has 3 aromatic rings. The van der Waals surface area contributed by atoms with Crippen LogP contribution in [0.15, 0.2) is 36.5 Å². The number of likely N-dealkylation sites (tertiary alicyclic amines) is 1. The largest absolute Gasteiger partial charge is 0.352 e. The first-order valence-electron chi connectivity index (χ1n) is 13.6. The SMILES string of the molecule is Cc1nc2ccc(C3NNC4CCC(C(=O)N[C@@H]5C[C@H](Cc6c(F)cccc6F)CN(C)C5)CC43)cn2n1. The van der Waals surface area contributed by atoms with Gasteiger partial charge in [0.05, 0.1) is 6.04 Å². The van der Waals surface area contributed by atoms with E-state index >= 15 is 0 Å². The lowest BCUT2D eigenvalue weighted by atomic mass is 9.74. The number of hydrogen-bond donors (Lipinski definition) is 3. The van der Waals surface area contributed by atoms with Gasteiger partial charge in [-0.15, -0.1) is 0 Å². The predicted octanol–water partition coefficient (Wildman–Crippen LogP) is 2.93. The molecular formula is C28H35F2N7O. The number of benzene rings is 1. The molecule has 10 heteroatoms. The quantitative estimate of drug-likeness (QED) is 0.477. The molecule has 3 aliphatic rings. The van der Waals surface area contributed by atoms with Crippen molar-refractivity contribution in [3.63, 3.8) is 0 Å². The number of fused-ring (bicyclic) bond motifs is 2. The Morgan fingerprint density at radius 1 is 1.11 bits per heavy atom. The maximum absolute atomic E-state index is 14.3. The van der Waals surface area contributed by atoms with Crippen molar-refractivity contribution >= 4 is 11.6 Å². The van der Waals surface area contributed by atoms with Crippen molar-refractivity contribution in [1.29, 1.82) is 0 Å². The van der Waals surface area contributed by atoms with Gasteiger partial charge in [0.25, 0.3) is 0 Å². The molecule has 2 saturated heterocycles. The van der Waals surface area contributed by atoms with Gasteiger partial charge in [0.2, 0.25) is 5.91 Å². The third-order valence-corrected chi connectivity index (χ3v) is 8.56. The second kappa shape index (κ2) is 10.3. The van der Waals surface area contributed by atoms with Gasteiger partial charge in [-0.1, -0.05) is 12.1 Å². The Labute approximate surface area is 221 Å². The molecule has 2 aromatic heterocycles. The van der Waals surface area contributed by atoms with Gasteiger partial charge in [-0.05, 0) is 81.7 Å². The molecule has 4 heterocycles. The second-order valence-corrected chi connectivity index (χ2v) is 11.4. The van der Waals surface area contributed by atoms with Crippen molar-refractivity contribution in [3.8, 4) is 0 Å². The highest BCUT2D eigenvalue weighted by Gasteiger charge is 2.43. The van der Waals surface area contributed by atoms with Gasteiger partial charge in [0, 0.05) is 42.9 Å². The van der Waals surface area contributed by atoms with Gasteiger partial charge in [0.1, 0.15) is 17.5 Å². The average Bonchev–Trinajstić information content (AvgIpc) is 3.47. The zero-order valence-electron chi connectivity index (χ0n) is 21.8.